The van der Waals surface area contributed by atoms with Gasteiger partial charge in [0.05, 0.1) is 0 Å². The normalized spacial score (nSPS) is 12.8. The summed E-state index contributed by atoms with van der Waals surface area (Å²) in [5.74, 6) is 0. The Kier molecular flexibility index (Phi) is 7.14. The molecule has 156 valence electrons. The molecule has 0 saturated carbocycles. The zero-order valence-corrected chi connectivity index (χ0v) is 18.6. The summed E-state index contributed by atoms with van der Waals surface area (Å²) in [7, 11) is 0. The molecule has 0 N–H and O–H groups in total. The molecule has 3 aromatic rings. The van der Waals surface area contributed by atoms with Crippen molar-refractivity contribution in [2.75, 3.05) is 0 Å². The van der Waals surface area contributed by atoms with Gasteiger partial charge in [-0.15, -0.1) is 0 Å². The molecule has 0 nitrogen and oxygen atoms in total. The van der Waals surface area contributed by atoms with Crippen LogP contribution >= 0.6 is 0 Å². The molecule has 8 heteroatoms. The molecule has 0 atom stereocenters. The molecular formula is C22H14F6Se2. The predicted molar refractivity (Wildman–Crippen MR) is 108 cm³/mol. The van der Waals surface area contributed by atoms with E-state index in [1.54, 1.807) is 12.1 Å². The van der Waals surface area contributed by atoms with Crippen LogP contribution in [0.1, 0.15) is 16.7 Å². The van der Waals surface area contributed by atoms with Crippen LogP contribution < -0.4 is 8.92 Å². The van der Waals surface area contributed by atoms with Crippen molar-refractivity contribution in [3.8, 4) is 0 Å². The van der Waals surface area contributed by atoms with Gasteiger partial charge >= 0.3 is 183 Å². The van der Waals surface area contributed by atoms with Crippen LogP contribution in [-0.2, 0) is 12.4 Å². The van der Waals surface area contributed by atoms with E-state index in [0.29, 0.717) is 8.92 Å². The third kappa shape index (κ3) is 6.26. The van der Waals surface area contributed by atoms with E-state index in [-0.39, 0.29) is 0 Å². The molecule has 30 heavy (non-hydrogen) atoms. The molecule has 0 aliphatic carbocycles. The average molecular weight is 550 g/mol. The van der Waals surface area contributed by atoms with E-state index in [0.717, 1.165) is 34.3 Å². The number of alkyl halides is 6. The Hall–Kier alpha value is -1.98. The first kappa shape index (κ1) is 22.7. The van der Waals surface area contributed by atoms with E-state index in [1.807, 2.05) is 35.3 Å². The van der Waals surface area contributed by atoms with Gasteiger partial charge in [-0.3, -0.25) is 0 Å². The minimum absolute atomic E-state index is 0.407. The Bertz CT molecular complexity index is 1020. The summed E-state index contributed by atoms with van der Waals surface area (Å²) < 4.78 is 79.9. The first-order valence-electron chi connectivity index (χ1n) is 8.57. The monoisotopic (exact) mass is 552 g/mol. The van der Waals surface area contributed by atoms with Gasteiger partial charge in [0.1, 0.15) is 0 Å². The second-order valence-corrected chi connectivity index (χ2v) is 10.4. The molecule has 0 spiro atoms. The van der Waals surface area contributed by atoms with Crippen molar-refractivity contribution in [2.45, 2.75) is 12.4 Å². The van der Waals surface area contributed by atoms with Gasteiger partial charge in [-0.2, -0.15) is 0 Å². The fourth-order valence-electron chi connectivity index (χ4n) is 2.48. The quantitative estimate of drug-likeness (QED) is 0.307. The van der Waals surface area contributed by atoms with Gasteiger partial charge < -0.3 is 0 Å². The van der Waals surface area contributed by atoms with E-state index in [4.69, 9.17) is 0 Å². The van der Waals surface area contributed by atoms with Crippen molar-refractivity contribution < 1.29 is 26.3 Å². The zero-order chi connectivity index (χ0) is 21.8. The Morgan fingerprint density at radius 1 is 0.633 bits per heavy atom. The Morgan fingerprint density at radius 3 is 1.73 bits per heavy atom. The number of hydrogen-bond acceptors (Lipinski definition) is 0. The fraction of sp³-hybridized carbons (Fsp3) is 0.0909. The molecule has 0 saturated heterocycles. The van der Waals surface area contributed by atoms with Crippen molar-refractivity contribution in [3.05, 3.63) is 101 Å². The van der Waals surface area contributed by atoms with E-state index in [9.17, 15) is 26.3 Å². The topological polar surface area (TPSA) is 0 Å². The number of hydrogen-bond donors (Lipinski definition) is 0. The van der Waals surface area contributed by atoms with Crippen LogP contribution in [0.4, 0.5) is 26.3 Å². The summed E-state index contributed by atoms with van der Waals surface area (Å²) in [4.78, 5) is 1.86. The van der Waals surface area contributed by atoms with E-state index in [2.05, 4.69) is 0 Å². The molecule has 3 rings (SSSR count). The van der Waals surface area contributed by atoms with Crippen LogP contribution in [0.3, 0.4) is 0 Å². The zero-order valence-electron chi connectivity index (χ0n) is 15.2. The standard InChI is InChI=1S/C22H14F6Se2/c23-21(24,25)16-8-4-10-18(12-16)29-14-20(15-6-2-1-3-7-15)30-19-11-5-9-17(13-19)22(26,27)28/h1-14H/b20-14+. The summed E-state index contributed by atoms with van der Waals surface area (Å²) in [6, 6.07) is 19.5. The Labute approximate surface area is 182 Å². The molecule has 0 aliphatic heterocycles. The predicted octanol–water partition coefficient (Wildman–Crippen LogP) is 5.08. The average Bonchev–Trinajstić information content (AvgIpc) is 2.71. The Morgan fingerprint density at radius 2 is 1.17 bits per heavy atom. The van der Waals surface area contributed by atoms with Gasteiger partial charge in [0.15, 0.2) is 0 Å². The molecule has 0 radical (unpaired) electrons. The molecule has 0 heterocycles. The van der Waals surface area contributed by atoms with Gasteiger partial charge in [0, 0.05) is 0 Å². The third-order valence-corrected chi connectivity index (χ3v) is 8.74. The third-order valence-electron chi connectivity index (χ3n) is 3.91. The van der Waals surface area contributed by atoms with Gasteiger partial charge in [-0.25, -0.2) is 0 Å². The minimum atomic E-state index is -4.43. The summed E-state index contributed by atoms with van der Waals surface area (Å²) in [5.41, 5.74) is -0.568. The Balaban J connectivity index is 1.91. The van der Waals surface area contributed by atoms with E-state index >= 15 is 0 Å². The summed E-state index contributed by atoms with van der Waals surface area (Å²) in [6.07, 6.45) is -8.84. The van der Waals surface area contributed by atoms with Crippen LogP contribution in [0.15, 0.2) is 83.8 Å². The van der Waals surface area contributed by atoms with Gasteiger partial charge in [-0.1, -0.05) is 0 Å². The maximum atomic E-state index is 13.0. The maximum absolute atomic E-state index is 13.0. The van der Waals surface area contributed by atoms with Crippen LogP contribution in [-0.4, -0.2) is 29.9 Å². The number of rotatable bonds is 5. The van der Waals surface area contributed by atoms with Crippen molar-refractivity contribution in [3.63, 3.8) is 0 Å². The molecule has 0 aromatic heterocycles. The molecule has 0 aliphatic rings. The van der Waals surface area contributed by atoms with Crippen molar-refractivity contribution in [2.24, 2.45) is 0 Å². The van der Waals surface area contributed by atoms with E-state index in [1.165, 1.54) is 12.1 Å². The first-order chi connectivity index (χ1) is 14.1. The second-order valence-electron chi connectivity index (χ2n) is 6.12. The van der Waals surface area contributed by atoms with Crippen molar-refractivity contribution in [1.29, 1.82) is 0 Å². The van der Waals surface area contributed by atoms with Crippen LogP contribution in [0, 0.1) is 0 Å². The van der Waals surface area contributed by atoms with E-state index < -0.39 is 53.4 Å². The van der Waals surface area contributed by atoms with Crippen molar-refractivity contribution in [1.82, 2.24) is 0 Å². The molecule has 0 amide bonds. The molecule has 0 bridgehead atoms. The summed E-state index contributed by atoms with van der Waals surface area (Å²) in [5, 5.41) is 0. The first-order valence-corrected chi connectivity index (χ1v) is 12.1. The molecule has 0 unspecified atom stereocenters. The van der Waals surface area contributed by atoms with Gasteiger partial charge in [-0.05, 0) is 0 Å². The van der Waals surface area contributed by atoms with Crippen LogP contribution in [0.25, 0.3) is 4.47 Å². The molecular weight excluding hydrogens is 536 g/mol. The summed E-state index contributed by atoms with van der Waals surface area (Å²) >= 11 is -0.845. The van der Waals surface area contributed by atoms with Crippen molar-refractivity contribution >= 4 is 43.3 Å². The summed E-state index contributed by atoms with van der Waals surface area (Å²) in [6.45, 7) is 0. The SMILES string of the molecule is FC(F)(F)c1cccc([Se]/C=C(/[Se]c2cccc(C(F)(F)F)c2)c2ccccc2)c1. The molecule has 0 fully saturated rings. The number of benzene rings is 3. The second kappa shape index (κ2) is 9.44. The molecule has 3 aromatic carbocycles. The fourth-order valence-corrected chi connectivity index (χ4v) is 6.93. The van der Waals surface area contributed by atoms with Crippen LogP contribution in [0.2, 0.25) is 0 Å². The van der Waals surface area contributed by atoms with Crippen LogP contribution in [0.5, 0.6) is 0 Å². The van der Waals surface area contributed by atoms with Gasteiger partial charge in [0.25, 0.3) is 0 Å². The number of halogens is 6. The van der Waals surface area contributed by atoms with Gasteiger partial charge in [0.2, 0.25) is 0 Å².